The number of nitrogens with one attached hydrogen (secondary N) is 1. The number of ether oxygens (including phenoxy) is 1. The van der Waals surface area contributed by atoms with Crippen LogP contribution in [0.15, 0.2) is 60.8 Å². The van der Waals surface area contributed by atoms with Crippen molar-refractivity contribution in [3.8, 4) is 0 Å². The van der Waals surface area contributed by atoms with E-state index in [0.29, 0.717) is 23.9 Å². The molecule has 0 saturated heterocycles. The summed E-state index contributed by atoms with van der Waals surface area (Å²) < 4.78 is 30.2. The van der Waals surface area contributed by atoms with Gasteiger partial charge >= 0.3 is 5.97 Å². The third-order valence-electron chi connectivity index (χ3n) is 12.5. The summed E-state index contributed by atoms with van der Waals surface area (Å²) in [6.45, 7) is 6.69. The van der Waals surface area contributed by atoms with Crippen LogP contribution < -0.4 is 10.2 Å². The molecule has 0 saturated carbocycles. The van der Waals surface area contributed by atoms with Crippen LogP contribution in [0.2, 0.25) is 0 Å². The molecule has 0 rings (SSSR count). The van der Waals surface area contributed by atoms with Gasteiger partial charge in [-0.25, -0.2) is 0 Å². The van der Waals surface area contributed by atoms with E-state index in [1.807, 2.05) is 33.3 Å². The number of likely N-dealkylation sites (N-methyl/N-ethyl adjacent to an activating group) is 1. The first kappa shape index (κ1) is 66.7. The first-order chi connectivity index (χ1) is 33.4. The summed E-state index contributed by atoms with van der Waals surface area (Å²) in [5, 5.41) is 3.01. The summed E-state index contributed by atoms with van der Waals surface area (Å²) in [6.07, 6.45) is 60.4. The summed E-state index contributed by atoms with van der Waals surface area (Å²) in [7, 11) is 1.17. The van der Waals surface area contributed by atoms with Gasteiger partial charge in [0, 0.05) is 12.8 Å². The monoisotopic (exact) mass is 989 g/mol. The number of hydrogen-bond acceptors (Lipinski definition) is 7. The molecule has 9 nitrogen and oxygen atoms in total. The fourth-order valence-corrected chi connectivity index (χ4v) is 8.77. The number of allylic oxidation sites excluding steroid dienone is 9. The zero-order valence-corrected chi connectivity index (χ0v) is 46.7. The number of quaternary nitrogens is 1. The normalized spacial score (nSPS) is 14.2. The zero-order valence-electron chi connectivity index (χ0n) is 45.8. The maximum absolute atomic E-state index is 13.5. The van der Waals surface area contributed by atoms with Crippen LogP contribution in [0.1, 0.15) is 252 Å². The van der Waals surface area contributed by atoms with Crippen LogP contribution >= 0.6 is 7.82 Å². The number of carbonyl (C=O) groups is 2. The number of esters is 1. The molecule has 3 unspecified atom stereocenters. The van der Waals surface area contributed by atoms with Crippen LogP contribution in [0.25, 0.3) is 0 Å². The van der Waals surface area contributed by atoms with E-state index < -0.39 is 26.6 Å². The lowest BCUT2D eigenvalue weighted by molar-refractivity contribution is -0.870. The van der Waals surface area contributed by atoms with Crippen molar-refractivity contribution in [2.75, 3.05) is 40.9 Å². The summed E-state index contributed by atoms with van der Waals surface area (Å²) in [5.41, 5.74) is 0. The van der Waals surface area contributed by atoms with Crippen molar-refractivity contribution in [1.29, 1.82) is 0 Å². The topological polar surface area (TPSA) is 114 Å². The molecule has 3 atom stereocenters. The maximum Gasteiger partial charge on any atom is 0.306 e. The van der Waals surface area contributed by atoms with E-state index in [1.54, 1.807) is 0 Å². The highest BCUT2D eigenvalue weighted by Crippen LogP contribution is 2.38. The number of unbranched alkanes of at least 4 members (excludes halogenated alkanes) is 29. The molecule has 0 aromatic rings. The van der Waals surface area contributed by atoms with Crippen LogP contribution in [-0.4, -0.2) is 69.4 Å². The molecule has 0 radical (unpaired) electrons. The van der Waals surface area contributed by atoms with Crippen LogP contribution in [0.4, 0.5) is 0 Å². The van der Waals surface area contributed by atoms with E-state index in [2.05, 4.69) is 74.7 Å². The van der Waals surface area contributed by atoms with E-state index in [9.17, 15) is 19.0 Å². The van der Waals surface area contributed by atoms with E-state index in [1.165, 1.54) is 122 Å². The van der Waals surface area contributed by atoms with Gasteiger partial charge in [0.1, 0.15) is 19.3 Å². The first-order valence-corrected chi connectivity index (χ1v) is 30.1. The summed E-state index contributed by atoms with van der Waals surface area (Å²) in [6, 6.07) is -0.898. The Hall–Kier alpha value is -2.29. The van der Waals surface area contributed by atoms with E-state index >= 15 is 0 Å². The predicted molar refractivity (Wildman–Crippen MR) is 293 cm³/mol. The third kappa shape index (κ3) is 50.4. The molecule has 0 aliphatic heterocycles. The molecule has 0 bridgehead atoms. The van der Waals surface area contributed by atoms with Crippen LogP contribution in [0.3, 0.4) is 0 Å². The number of phosphoric acid groups is 1. The summed E-state index contributed by atoms with van der Waals surface area (Å²) in [4.78, 5) is 39.8. The quantitative estimate of drug-likeness (QED) is 0.0161. The first-order valence-electron chi connectivity index (χ1n) is 28.6. The molecular formula is C59H109N2O7P. The molecule has 0 aliphatic rings. The molecule has 10 heteroatoms. The highest BCUT2D eigenvalue weighted by molar-refractivity contribution is 7.45. The zero-order chi connectivity index (χ0) is 50.8. The van der Waals surface area contributed by atoms with Gasteiger partial charge in [-0.2, -0.15) is 0 Å². The van der Waals surface area contributed by atoms with Crippen LogP contribution in [0, 0.1) is 0 Å². The van der Waals surface area contributed by atoms with Gasteiger partial charge in [-0.05, 0) is 76.7 Å². The number of carbonyl (C=O) groups excluding carboxylic acids is 2. The second-order valence-corrected chi connectivity index (χ2v) is 21.9. The molecule has 0 aromatic carbocycles. The lowest BCUT2D eigenvalue weighted by atomic mass is 10.0. The van der Waals surface area contributed by atoms with E-state index in [4.69, 9.17) is 13.8 Å². The highest BCUT2D eigenvalue weighted by Gasteiger charge is 2.27. The fourth-order valence-electron chi connectivity index (χ4n) is 8.05. The molecule has 69 heavy (non-hydrogen) atoms. The molecule has 0 heterocycles. The molecule has 0 spiro atoms. The van der Waals surface area contributed by atoms with E-state index in [-0.39, 0.29) is 24.9 Å². The van der Waals surface area contributed by atoms with Gasteiger partial charge in [0.2, 0.25) is 5.91 Å². The second-order valence-electron chi connectivity index (χ2n) is 20.5. The molecule has 0 fully saturated rings. The Bertz CT molecular complexity index is 1370. The van der Waals surface area contributed by atoms with Gasteiger partial charge in [0.15, 0.2) is 0 Å². The predicted octanol–water partition coefficient (Wildman–Crippen LogP) is 16.5. The molecule has 1 N–H and O–H groups in total. The van der Waals surface area contributed by atoms with Gasteiger partial charge in [-0.15, -0.1) is 0 Å². The Morgan fingerprint density at radius 2 is 0.942 bits per heavy atom. The number of phosphoric ester groups is 1. The Morgan fingerprint density at radius 3 is 1.42 bits per heavy atom. The Kier molecular flexibility index (Phi) is 47.7. The third-order valence-corrected chi connectivity index (χ3v) is 13.5. The lowest BCUT2D eigenvalue weighted by Gasteiger charge is -2.30. The second kappa shape index (κ2) is 49.3. The van der Waals surface area contributed by atoms with Gasteiger partial charge in [0.25, 0.3) is 7.82 Å². The summed E-state index contributed by atoms with van der Waals surface area (Å²) >= 11 is 0. The van der Waals surface area contributed by atoms with Gasteiger partial charge in [0.05, 0.1) is 33.8 Å². The van der Waals surface area contributed by atoms with Crippen molar-refractivity contribution in [3.05, 3.63) is 60.8 Å². The molecule has 402 valence electrons. The Balaban J connectivity index is 5.38. The standard InChI is InChI=1S/C59H109N2O7P/c1-7-10-13-16-19-22-25-28-29-30-31-34-36-39-42-45-48-51-58(62)60-56(55-67-69(64,65)66-54-53-61(4,5)6)57(50-47-44-41-38-35-32-26-23-20-17-14-11-8-2)68-59(63)52-49-46-43-40-37-33-27-24-21-18-15-12-9-3/h12,15,18,21,24,27-29,47,50,56-57H,7-11,13-14,16-17,19-20,22-23,25-26,30-46,48-49,51-55H2,1-6H3,(H-,60,62,64,65)/b15-12+,21-18+,27-24-,29-28+,50-47-. The van der Waals surface area contributed by atoms with Crippen molar-refractivity contribution in [2.24, 2.45) is 0 Å². The maximum atomic E-state index is 13.5. The fraction of sp³-hybridized carbons (Fsp3) is 0.797. The number of rotatable bonds is 51. The van der Waals surface area contributed by atoms with Crippen molar-refractivity contribution in [1.82, 2.24) is 5.32 Å². The minimum Gasteiger partial charge on any atom is -0.756 e. The lowest BCUT2D eigenvalue weighted by Crippen LogP contribution is -2.47. The largest absolute Gasteiger partial charge is 0.756 e. The smallest absolute Gasteiger partial charge is 0.306 e. The van der Waals surface area contributed by atoms with Gasteiger partial charge < -0.3 is 28.5 Å². The SMILES string of the molecule is CC/C=C/C=C/C=C\CCCCCCCC(=O)OC(/C=C\CCCCCCCCCCCCC)C(COP(=O)([O-])OCC[N+](C)(C)C)NC(=O)CCCCCCCCC/C=C/CCCCCCCC. The Labute approximate surface area is 426 Å². The van der Waals surface area contributed by atoms with Crippen LogP contribution in [-0.2, 0) is 27.9 Å². The molecular weight excluding hydrogens is 880 g/mol. The number of hydrogen-bond donors (Lipinski definition) is 1. The molecule has 1 amide bonds. The van der Waals surface area contributed by atoms with Crippen molar-refractivity contribution < 1.29 is 37.3 Å². The van der Waals surface area contributed by atoms with Crippen molar-refractivity contribution in [3.63, 3.8) is 0 Å². The minimum atomic E-state index is -4.70. The van der Waals surface area contributed by atoms with Gasteiger partial charge in [-0.3, -0.25) is 14.2 Å². The van der Waals surface area contributed by atoms with Crippen molar-refractivity contribution in [2.45, 2.75) is 264 Å². The van der Waals surface area contributed by atoms with E-state index in [0.717, 1.165) is 89.9 Å². The average Bonchev–Trinajstić information content (AvgIpc) is 3.31. The number of amides is 1. The van der Waals surface area contributed by atoms with Crippen LogP contribution in [0.5, 0.6) is 0 Å². The average molecular weight is 990 g/mol. The van der Waals surface area contributed by atoms with Gasteiger partial charge in [-0.1, -0.05) is 223 Å². The molecule has 0 aromatic heterocycles. The minimum absolute atomic E-state index is 0.0279. The highest BCUT2D eigenvalue weighted by atomic mass is 31.2. The van der Waals surface area contributed by atoms with Crippen molar-refractivity contribution >= 4 is 19.7 Å². The summed E-state index contributed by atoms with van der Waals surface area (Å²) in [5.74, 6) is -0.568. The Morgan fingerprint density at radius 1 is 0.522 bits per heavy atom. The molecule has 0 aliphatic carbocycles. The number of nitrogens with zero attached hydrogens (tertiary/aromatic N) is 1.